The second-order valence-electron chi connectivity index (χ2n) is 3.03. The van der Waals surface area contributed by atoms with Crippen LogP contribution < -0.4 is 0 Å². The van der Waals surface area contributed by atoms with Gasteiger partial charge in [-0.15, -0.1) is 0 Å². The number of nitrogens with one attached hydrogen (secondary N) is 1. The van der Waals surface area contributed by atoms with E-state index in [-0.39, 0.29) is 0 Å². The molecule has 0 saturated carbocycles. The standard InChI is InChI=1S/C9H11N3OS/c1-3-6-4-5-7(13-6)8-10-11-9(14)12(8)2/h4-5H,3H2,1-2H3,(H,11,14). The number of nitrogens with zero attached hydrogens (tertiary/aromatic N) is 2. The first-order chi connectivity index (χ1) is 6.72. The van der Waals surface area contributed by atoms with E-state index in [4.69, 9.17) is 16.6 Å². The SMILES string of the molecule is CCc1ccc(-c2n[nH]c(=S)n2C)o1. The van der Waals surface area contributed by atoms with Crippen molar-refractivity contribution in [3.63, 3.8) is 0 Å². The summed E-state index contributed by atoms with van der Waals surface area (Å²) in [5, 5.41) is 6.80. The van der Waals surface area contributed by atoms with Crippen molar-refractivity contribution in [1.29, 1.82) is 0 Å². The number of hydrogen-bond donors (Lipinski definition) is 1. The summed E-state index contributed by atoms with van der Waals surface area (Å²) in [6.07, 6.45) is 0.884. The maximum Gasteiger partial charge on any atom is 0.198 e. The molecule has 0 radical (unpaired) electrons. The Morgan fingerprint density at radius 2 is 2.36 bits per heavy atom. The van der Waals surface area contributed by atoms with Gasteiger partial charge in [-0.05, 0) is 24.4 Å². The van der Waals surface area contributed by atoms with Crippen molar-refractivity contribution in [2.75, 3.05) is 0 Å². The van der Waals surface area contributed by atoms with Crippen molar-refractivity contribution in [2.45, 2.75) is 13.3 Å². The van der Waals surface area contributed by atoms with E-state index in [2.05, 4.69) is 10.2 Å². The molecular formula is C9H11N3OS. The van der Waals surface area contributed by atoms with Gasteiger partial charge in [0.1, 0.15) is 5.76 Å². The Morgan fingerprint density at radius 3 is 2.86 bits per heavy atom. The summed E-state index contributed by atoms with van der Waals surface area (Å²) in [5.74, 6) is 2.43. The number of furan rings is 1. The predicted molar refractivity (Wildman–Crippen MR) is 55.5 cm³/mol. The molecule has 0 unspecified atom stereocenters. The summed E-state index contributed by atoms with van der Waals surface area (Å²) < 4.78 is 7.94. The zero-order valence-electron chi connectivity index (χ0n) is 8.07. The normalized spacial score (nSPS) is 10.7. The van der Waals surface area contributed by atoms with Gasteiger partial charge in [0.2, 0.25) is 0 Å². The third-order valence-corrected chi connectivity index (χ3v) is 2.48. The molecule has 0 aromatic carbocycles. The Labute approximate surface area is 86.6 Å². The largest absolute Gasteiger partial charge is 0.458 e. The van der Waals surface area contributed by atoms with Gasteiger partial charge >= 0.3 is 0 Å². The minimum Gasteiger partial charge on any atom is -0.458 e. The third kappa shape index (κ3) is 1.39. The van der Waals surface area contributed by atoms with Gasteiger partial charge in [0, 0.05) is 13.5 Å². The molecule has 0 saturated heterocycles. The van der Waals surface area contributed by atoms with Crippen LogP contribution in [0.4, 0.5) is 0 Å². The monoisotopic (exact) mass is 209 g/mol. The van der Waals surface area contributed by atoms with Gasteiger partial charge in [-0.2, -0.15) is 5.10 Å². The van der Waals surface area contributed by atoms with E-state index in [1.54, 1.807) is 4.57 Å². The molecule has 2 aromatic heterocycles. The fourth-order valence-electron chi connectivity index (χ4n) is 1.26. The van der Waals surface area contributed by atoms with Crippen LogP contribution in [0, 0.1) is 4.77 Å². The Balaban J connectivity index is 2.49. The number of aromatic amines is 1. The Kier molecular flexibility index (Phi) is 2.25. The van der Waals surface area contributed by atoms with Gasteiger partial charge < -0.3 is 8.98 Å². The van der Waals surface area contributed by atoms with E-state index in [9.17, 15) is 0 Å². The van der Waals surface area contributed by atoms with E-state index < -0.39 is 0 Å². The molecule has 74 valence electrons. The van der Waals surface area contributed by atoms with Gasteiger partial charge in [-0.25, -0.2) is 0 Å². The summed E-state index contributed by atoms with van der Waals surface area (Å²) in [4.78, 5) is 0. The van der Waals surface area contributed by atoms with Crippen LogP contribution in [0.5, 0.6) is 0 Å². The number of aromatic nitrogens is 3. The predicted octanol–water partition coefficient (Wildman–Crippen LogP) is 2.30. The smallest absolute Gasteiger partial charge is 0.198 e. The topological polar surface area (TPSA) is 46.8 Å². The van der Waals surface area contributed by atoms with Crippen LogP contribution in [0.2, 0.25) is 0 Å². The molecular weight excluding hydrogens is 198 g/mol. The first-order valence-corrected chi connectivity index (χ1v) is 4.83. The van der Waals surface area contributed by atoms with Crippen molar-refractivity contribution < 1.29 is 4.42 Å². The summed E-state index contributed by atoms with van der Waals surface area (Å²) in [6, 6.07) is 3.86. The first-order valence-electron chi connectivity index (χ1n) is 4.43. The van der Waals surface area contributed by atoms with Crippen molar-refractivity contribution in [3.8, 4) is 11.6 Å². The molecule has 0 amide bonds. The quantitative estimate of drug-likeness (QED) is 0.772. The fraction of sp³-hybridized carbons (Fsp3) is 0.333. The minimum atomic E-state index is 0.592. The zero-order chi connectivity index (χ0) is 10.1. The summed E-state index contributed by atoms with van der Waals surface area (Å²) >= 11 is 5.01. The van der Waals surface area contributed by atoms with Gasteiger partial charge in [-0.1, -0.05) is 6.92 Å². The van der Waals surface area contributed by atoms with Crippen LogP contribution in [0.25, 0.3) is 11.6 Å². The molecule has 0 atom stereocenters. The van der Waals surface area contributed by atoms with E-state index in [1.807, 2.05) is 26.1 Å². The van der Waals surface area contributed by atoms with E-state index in [0.29, 0.717) is 4.77 Å². The van der Waals surface area contributed by atoms with E-state index >= 15 is 0 Å². The van der Waals surface area contributed by atoms with Gasteiger partial charge in [0.25, 0.3) is 0 Å². The van der Waals surface area contributed by atoms with Gasteiger partial charge in [0.15, 0.2) is 16.4 Å². The Bertz CT molecular complexity index is 494. The molecule has 2 rings (SSSR count). The second kappa shape index (κ2) is 3.42. The highest BCUT2D eigenvalue weighted by molar-refractivity contribution is 7.71. The lowest BCUT2D eigenvalue weighted by molar-refractivity contribution is 0.523. The average molecular weight is 209 g/mol. The molecule has 1 N–H and O–H groups in total. The number of H-pyrrole nitrogens is 1. The molecule has 14 heavy (non-hydrogen) atoms. The molecule has 5 heteroatoms. The van der Waals surface area contributed by atoms with E-state index in [1.165, 1.54) is 0 Å². The average Bonchev–Trinajstić information content (AvgIpc) is 2.75. The summed E-state index contributed by atoms with van der Waals surface area (Å²) in [5.41, 5.74) is 0. The lowest BCUT2D eigenvalue weighted by Crippen LogP contribution is -1.90. The molecule has 2 heterocycles. The summed E-state index contributed by atoms with van der Waals surface area (Å²) in [7, 11) is 1.86. The van der Waals surface area contributed by atoms with Crippen molar-refractivity contribution in [3.05, 3.63) is 22.7 Å². The van der Waals surface area contributed by atoms with Crippen LogP contribution in [-0.4, -0.2) is 14.8 Å². The third-order valence-electron chi connectivity index (χ3n) is 2.11. The van der Waals surface area contributed by atoms with Crippen LogP contribution in [0.15, 0.2) is 16.5 Å². The molecule has 4 nitrogen and oxygen atoms in total. The Morgan fingerprint density at radius 1 is 1.57 bits per heavy atom. The summed E-state index contributed by atoms with van der Waals surface area (Å²) in [6.45, 7) is 2.05. The number of rotatable bonds is 2. The maximum absolute atomic E-state index is 5.56. The molecule has 2 aromatic rings. The molecule has 0 fully saturated rings. The highest BCUT2D eigenvalue weighted by atomic mass is 32.1. The van der Waals surface area contributed by atoms with E-state index in [0.717, 1.165) is 23.8 Å². The Hall–Kier alpha value is -1.36. The lowest BCUT2D eigenvalue weighted by atomic mass is 10.3. The van der Waals surface area contributed by atoms with Gasteiger partial charge in [-0.3, -0.25) is 5.10 Å². The number of aryl methyl sites for hydroxylation is 1. The van der Waals surface area contributed by atoms with Crippen LogP contribution >= 0.6 is 12.2 Å². The molecule has 0 aliphatic carbocycles. The molecule has 0 aliphatic rings. The van der Waals surface area contributed by atoms with Gasteiger partial charge in [0.05, 0.1) is 0 Å². The fourth-order valence-corrected chi connectivity index (χ4v) is 1.39. The second-order valence-corrected chi connectivity index (χ2v) is 3.42. The lowest BCUT2D eigenvalue weighted by Gasteiger charge is -1.94. The highest BCUT2D eigenvalue weighted by Crippen LogP contribution is 2.19. The number of hydrogen-bond acceptors (Lipinski definition) is 3. The van der Waals surface area contributed by atoms with Crippen molar-refractivity contribution in [2.24, 2.45) is 7.05 Å². The first kappa shape index (κ1) is 9.21. The highest BCUT2D eigenvalue weighted by Gasteiger charge is 2.09. The van der Waals surface area contributed by atoms with Crippen LogP contribution in [0.3, 0.4) is 0 Å². The zero-order valence-corrected chi connectivity index (χ0v) is 8.89. The van der Waals surface area contributed by atoms with Crippen molar-refractivity contribution in [1.82, 2.24) is 14.8 Å². The van der Waals surface area contributed by atoms with Crippen LogP contribution in [0.1, 0.15) is 12.7 Å². The molecule has 0 bridgehead atoms. The maximum atomic E-state index is 5.56. The molecule has 0 aliphatic heterocycles. The van der Waals surface area contributed by atoms with Crippen molar-refractivity contribution >= 4 is 12.2 Å². The minimum absolute atomic E-state index is 0.592. The molecule has 0 spiro atoms. The van der Waals surface area contributed by atoms with Crippen LogP contribution in [-0.2, 0) is 13.5 Å².